The summed E-state index contributed by atoms with van der Waals surface area (Å²) in [6, 6.07) is 4.23. The normalized spacial score (nSPS) is 20.9. The number of esters is 1. The second-order valence-corrected chi connectivity index (χ2v) is 5.83. The van der Waals surface area contributed by atoms with E-state index in [-0.39, 0.29) is 5.97 Å². The van der Waals surface area contributed by atoms with Gasteiger partial charge in [-0.1, -0.05) is 24.6 Å². The molecule has 0 bridgehead atoms. The summed E-state index contributed by atoms with van der Waals surface area (Å²) in [6.07, 6.45) is 3.48. The minimum Gasteiger partial charge on any atom is -0.426 e. The van der Waals surface area contributed by atoms with Crippen LogP contribution in [0.5, 0.6) is 5.75 Å². The number of allylic oxidation sites excluding steroid dienone is 2. The molecule has 1 aromatic rings. The van der Waals surface area contributed by atoms with Gasteiger partial charge in [0, 0.05) is 12.8 Å². The lowest BCUT2D eigenvalue weighted by Crippen LogP contribution is -2.04. The molecule has 102 valence electrons. The van der Waals surface area contributed by atoms with Gasteiger partial charge in [-0.2, -0.15) is 0 Å². The first-order chi connectivity index (χ1) is 8.88. The van der Waals surface area contributed by atoms with Crippen LogP contribution < -0.4 is 4.74 Å². The molecular formula is C17H22O2. The van der Waals surface area contributed by atoms with Gasteiger partial charge in [-0.05, 0) is 55.9 Å². The van der Waals surface area contributed by atoms with Crippen LogP contribution in [0.15, 0.2) is 23.8 Å². The molecule has 0 unspecified atom stereocenters. The standard InChI is InChI=1S/C17H22O2/c1-10(2)6-14-7-11(3)15-9-17(19-13(5)18)12(4)8-16(14)15/h6,8-9,11,14H,7H2,1-5H3/t11-,14-/m0/s1. The number of hydrogen-bond acceptors (Lipinski definition) is 2. The van der Waals surface area contributed by atoms with Gasteiger partial charge in [0.2, 0.25) is 0 Å². The van der Waals surface area contributed by atoms with E-state index >= 15 is 0 Å². The number of fused-ring (bicyclic) bond motifs is 1. The first-order valence-corrected chi connectivity index (χ1v) is 6.86. The Balaban J connectivity index is 2.44. The van der Waals surface area contributed by atoms with E-state index in [2.05, 4.69) is 39.0 Å². The first-order valence-electron chi connectivity index (χ1n) is 6.86. The maximum absolute atomic E-state index is 11.1. The van der Waals surface area contributed by atoms with E-state index in [4.69, 9.17) is 4.74 Å². The summed E-state index contributed by atoms with van der Waals surface area (Å²) < 4.78 is 5.28. The van der Waals surface area contributed by atoms with Crippen molar-refractivity contribution in [3.8, 4) is 5.75 Å². The third-order valence-corrected chi connectivity index (χ3v) is 3.71. The summed E-state index contributed by atoms with van der Waals surface area (Å²) in [5.41, 5.74) is 5.11. The molecule has 19 heavy (non-hydrogen) atoms. The van der Waals surface area contributed by atoms with Gasteiger partial charge in [0.25, 0.3) is 0 Å². The lowest BCUT2D eigenvalue weighted by Gasteiger charge is -2.12. The summed E-state index contributed by atoms with van der Waals surface area (Å²) in [5, 5.41) is 0. The number of benzene rings is 1. The Bertz CT molecular complexity index is 536. The van der Waals surface area contributed by atoms with Crippen LogP contribution in [0.1, 0.15) is 62.6 Å². The van der Waals surface area contributed by atoms with Gasteiger partial charge >= 0.3 is 5.97 Å². The van der Waals surface area contributed by atoms with Crippen LogP contribution in [0.3, 0.4) is 0 Å². The largest absolute Gasteiger partial charge is 0.426 e. The van der Waals surface area contributed by atoms with Gasteiger partial charge in [0.1, 0.15) is 5.75 Å². The molecule has 2 heteroatoms. The van der Waals surface area contributed by atoms with Crippen molar-refractivity contribution < 1.29 is 9.53 Å². The van der Waals surface area contributed by atoms with Gasteiger partial charge < -0.3 is 4.74 Å². The highest BCUT2D eigenvalue weighted by atomic mass is 16.5. The Hall–Kier alpha value is -1.57. The lowest BCUT2D eigenvalue weighted by atomic mass is 9.97. The van der Waals surface area contributed by atoms with Crippen molar-refractivity contribution in [2.45, 2.75) is 52.9 Å². The average Bonchev–Trinajstić information content (AvgIpc) is 2.55. The van der Waals surface area contributed by atoms with Crippen LogP contribution in [0.2, 0.25) is 0 Å². The van der Waals surface area contributed by atoms with Crippen LogP contribution in [-0.2, 0) is 4.79 Å². The molecular weight excluding hydrogens is 236 g/mol. The smallest absolute Gasteiger partial charge is 0.308 e. The van der Waals surface area contributed by atoms with Gasteiger partial charge in [-0.25, -0.2) is 0 Å². The molecule has 2 rings (SSSR count). The molecule has 0 aliphatic heterocycles. The number of aryl methyl sites for hydroxylation is 1. The maximum Gasteiger partial charge on any atom is 0.308 e. The maximum atomic E-state index is 11.1. The van der Waals surface area contributed by atoms with Crippen molar-refractivity contribution in [2.75, 3.05) is 0 Å². The summed E-state index contributed by atoms with van der Waals surface area (Å²) in [7, 11) is 0. The topological polar surface area (TPSA) is 26.3 Å². The van der Waals surface area contributed by atoms with E-state index in [1.165, 1.54) is 23.6 Å². The van der Waals surface area contributed by atoms with Crippen molar-refractivity contribution in [2.24, 2.45) is 0 Å². The molecule has 0 saturated heterocycles. The second kappa shape index (κ2) is 5.20. The number of rotatable bonds is 2. The summed E-state index contributed by atoms with van der Waals surface area (Å²) >= 11 is 0. The molecule has 2 nitrogen and oxygen atoms in total. The van der Waals surface area contributed by atoms with Crippen LogP contribution in [0.4, 0.5) is 0 Å². The van der Waals surface area contributed by atoms with E-state index in [1.54, 1.807) is 0 Å². The van der Waals surface area contributed by atoms with Crippen molar-refractivity contribution in [3.05, 3.63) is 40.5 Å². The zero-order valence-corrected chi connectivity index (χ0v) is 12.4. The van der Waals surface area contributed by atoms with Gasteiger partial charge in [0.15, 0.2) is 0 Å². The van der Waals surface area contributed by atoms with Crippen molar-refractivity contribution in [1.29, 1.82) is 0 Å². The fourth-order valence-corrected chi connectivity index (χ4v) is 2.93. The molecule has 0 N–H and O–H groups in total. The highest BCUT2D eigenvalue weighted by Crippen LogP contribution is 2.45. The molecule has 1 aromatic carbocycles. The molecule has 0 fully saturated rings. The fourth-order valence-electron chi connectivity index (χ4n) is 2.93. The minimum atomic E-state index is -0.255. The third kappa shape index (κ3) is 2.89. The van der Waals surface area contributed by atoms with E-state index in [0.29, 0.717) is 17.6 Å². The SMILES string of the molecule is CC(=O)Oc1cc2c(cc1C)[C@@H](C=C(C)C)C[C@@H]2C. The van der Waals surface area contributed by atoms with E-state index in [1.807, 2.05) is 6.92 Å². The lowest BCUT2D eigenvalue weighted by molar-refractivity contribution is -0.131. The van der Waals surface area contributed by atoms with Gasteiger partial charge in [-0.15, -0.1) is 0 Å². The second-order valence-electron chi connectivity index (χ2n) is 5.83. The highest BCUT2D eigenvalue weighted by Gasteiger charge is 2.28. The number of carbonyl (C=O) groups is 1. The molecule has 0 heterocycles. The number of ether oxygens (including phenoxy) is 1. The Morgan fingerprint density at radius 3 is 2.53 bits per heavy atom. The van der Waals surface area contributed by atoms with Crippen LogP contribution in [0.25, 0.3) is 0 Å². The predicted molar refractivity (Wildman–Crippen MR) is 77.7 cm³/mol. The fraction of sp³-hybridized carbons (Fsp3) is 0.471. The molecule has 0 spiro atoms. The third-order valence-electron chi connectivity index (χ3n) is 3.71. The first kappa shape index (κ1) is 13.9. The zero-order chi connectivity index (χ0) is 14.2. The van der Waals surface area contributed by atoms with Crippen LogP contribution in [-0.4, -0.2) is 5.97 Å². The zero-order valence-electron chi connectivity index (χ0n) is 12.4. The van der Waals surface area contributed by atoms with E-state index in [0.717, 1.165) is 12.0 Å². The van der Waals surface area contributed by atoms with Crippen molar-refractivity contribution >= 4 is 5.97 Å². The van der Waals surface area contributed by atoms with E-state index < -0.39 is 0 Å². The van der Waals surface area contributed by atoms with E-state index in [9.17, 15) is 4.79 Å². The molecule has 2 atom stereocenters. The monoisotopic (exact) mass is 258 g/mol. The summed E-state index contributed by atoms with van der Waals surface area (Å²) in [5.74, 6) is 1.47. The average molecular weight is 258 g/mol. The van der Waals surface area contributed by atoms with Gasteiger partial charge in [-0.3, -0.25) is 4.79 Å². The highest BCUT2D eigenvalue weighted by molar-refractivity contribution is 5.70. The van der Waals surface area contributed by atoms with Crippen LogP contribution >= 0.6 is 0 Å². The van der Waals surface area contributed by atoms with Gasteiger partial charge in [0.05, 0.1) is 0 Å². The predicted octanol–water partition coefficient (Wildman–Crippen LogP) is 4.48. The Labute approximate surface area is 115 Å². The number of hydrogen-bond donors (Lipinski definition) is 0. The van der Waals surface area contributed by atoms with Crippen molar-refractivity contribution in [1.82, 2.24) is 0 Å². The molecule has 0 saturated carbocycles. The molecule has 1 aliphatic rings. The van der Waals surface area contributed by atoms with Crippen molar-refractivity contribution in [3.63, 3.8) is 0 Å². The molecule has 0 aromatic heterocycles. The summed E-state index contributed by atoms with van der Waals surface area (Å²) in [4.78, 5) is 11.1. The quantitative estimate of drug-likeness (QED) is 0.444. The Morgan fingerprint density at radius 2 is 1.95 bits per heavy atom. The molecule has 1 aliphatic carbocycles. The molecule has 0 amide bonds. The Kier molecular flexibility index (Phi) is 3.79. The minimum absolute atomic E-state index is 0.255. The summed E-state index contributed by atoms with van der Waals surface area (Å²) in [6.45, 7) is 9.97. The Morgan fingerprint density at radius 1 is 1.26 bits per heavy atom. The number of carbonyl (C=O) groups excluding carboxylic acids is 1. The molecule has 0 radical (unpaired) electrons. The van der Waals surface area contributed by atoms with Crippen LogP contribution in [0, 0.1) is 6.92 Å².